The predicted octanol–water partition coefficient (Wildman–Crippen LogP) is 1.76. The third kappa shape index (κ3) is 5.94. The summed E-state index contributed by atoms with van der Waals surface area (Å²) in [6.07, 6.45) is 0.530. The molecule has 0 aliphatic rings. The molecule has 1 aromatic rings. The van der Waals surface area contributed by atoms with Crippen molar-refractivity contribution in [2.75, 3.05) is 5.75 Å². The SMILES string of the molecule is CCC(CS(=O)(=O)c1ccccc1)NC(=O)[C@@H](N)C(C)C.Cl. The first kappa shape index (κ1) is 20.9. The number of amides is 1. The first-order valence-corrected chi connectivity index (χ1v) is 8.77. The number of nitrogens with two attached hydrogens (primary N) is 1. The van der Waals surface area contributed by atoms with Crippen LogP contribution >= 0.6 is 12.4 Å². The van der Waals surface area contributed by atoms with Crippen molar-refractivity contribution in [2.24, 2.45) is 11.7 Å². The van der Waals surface area contributed by atoms with E-state index < -0.39 is 21.9 Å². The Kier molecular flexibility index (Phi) is 8.66. The van der Waals surface area contributed by atoms with E-state index in [9.17, 15) is 13.2 Å². The maximum Gasteiger partial charge on any atom is 0.237 e. The summed E-state index contributed by atoms with van der Waals surface area (Å²) in [4.78, 5) is 12.2. The molecule has 0 saturated carbocycles. The Morgan fingerprint density at radius 2 is 1.77 bits per heavy atom. The number of sulfone groups is 1. The van der Waals surface area contributed by atoms with Gasteiger partial charge in [-0.05, 0) is 24.5 Å². The molecule has 0 spiro atoms. The van der Waals surface area contributed by atoms with Crippen molar-refractivity contribution in [2.45, 2.75) is 44.2 Å². The topological polar surface area (TPSA) is 89.3 Å². The highest BCUT2D eigenvalue weighted by Crippen LogP contribution is 2.12. The molecule has 0 aromatic heterocycles. The highest BCUT2D eigenvalue weighted by Gasteiger charge is 2.24. The van der Waals surface area contributed by atoms with Crippen LogP contribution in [0.3, 0.4) is 0 Å². The number of benzene rings is 1. The van der Waals surface area contributed by atoms with Gasteiger partial charge >= 0.3 is 0 Å². The molecule has 3 N–H and O–H groups in total. The monoisotopic (exact) mass is 348 g/mol. The molecule has 22 heavy (non-hydrogen) atoms. The second-order valence-electron chi connectivity index (χ2n) is 5.48. The smallest absolute Gasteiger partial charge is 0.237 e. The van der Waals surface area contributed by atoms with E-state index in [4.69, 9.17) is 5.73 Å². The van der Waals surface area contributed by atoms with Gasteiger partial charge in [-0.1, -0.05) is 39.0 Å². The lowest BCUT2D eigenvalue weighted by atomic mass is 10.0. The lowest BCUT2D eigenvalue weighted by molar-refractivity contribution is -0.123. The summed E-state index contributed by atoms with van der Waals surface area (Å²) in [7, 11) is -3.42. The second-order valence-corrected chi connectivity index (χ2v) is 7.51. The second kappa shape index (κ2) is 9.12. The maximum atomic E-state index is 12.3. The van der Waals surface area contributed by atoms with E-state index in [1.165, 1.54) is 0 Å². The number of carbonyl (C=O) groups is 1. The van der Waals surface area contributed by atoms with Gasteiger partial charge < -0.3 is 11.1 Å². The molecular weight excluding hydrogens is 324 g/mol. The van der Waals surface area contributed by atoms with E-state index in [-0.39, 0.29) is 34.9 Å². The largest absolute Gasteiger partial charge is 0.351 e. The molecule has 0 bridgehead atoms. The predicted molar refractivity (Wildman–Crippen MR) is 90.8 cm³/mol. The van der Waals surface area contributed by atoms with Crippen LogP contribution in [0, 0.1) is 5.92 Å². The Hall–Kier alpha value is -1.11. The molecule has 0 aliphatic heterocycles. The third-order valence-electron chi connectivity index (χ3n) is 3.38. The van der Waals surface area contributed by atoms with Crippen molar-refractivity contribution in [3.8, 4) is 0 Å². The molecule has 0 radical (unpaired) electrons. The molecule has 2 atom stereocenters. The third-order valence-corrected chi connectivity index (χ3v) is 5.21. The summed E-state index contributed by atoms with van der Waals surface area (Å²) >= 11 is 0. The van der Waals surface area contributed by atoms with Crippen LogP contribution in [0.15, 0.2) is 35.2 Å². The zero-order valence-electron chi connectivity index (χ0n) is 13.2. The Bertz CT molecular complexity index is 561. The van der Waals surface area contributed by atoms with Gasteiger partial charge in [-0.2, -0.15) is 0 Å². The number of nitrogens with one attached hydrogen (secondary N) is 1. The van der Waals surface area contributed by atoms with Crippen LogP contribution in [0.1, 0.15) is 27.2 Å². The molecule has 0 fully saturated rings. The van der Waals surface area contributed by atoms with Crippen molar-refractivity contribution in [3.05, 3.63) is 30.3 Å². The molecule has 0 saturated heterocycles. The number of rotatable bonds is 7. The number of halogens is 1. The van der Waals surface area contributed by atoms with Crippen LogP contribution in [0.4, 0.5) is 0 Å². The van der Waals surface area contributed by atoms with Gasteiger partial charge in [-0.25, -0.2) is 8.42 Å². The number of carbonyl (C=O) groups excluding carboxylic acids is 1. The molecule has 1 amide bonds. The molecule has 0 heterocycles. The zero-order chi connectivity index (χ0) is 16.0. The molecule has 1 unspecified atom stereocenters. The van der Waals surface area contributed by atoms with Gasteiger partial charge in [0.2, 0.25) is 5.91 Å². The van der Waals surface area contributed by atoms with Gasteiger partial charge in [-0.3, -0.25) is 4.79 Å². The minimum atomic E-state index is -3.42. The number of hydrogen-bond donors (Lipinski definition) is 2. The van der Waals surface area contributed by atoms with Crippen LogP contribution in [0.5, 0.6) is 0 Å². The van der Waals surface area contributed by atoms with Gasteiger partial charge in [0, 0.05) is 6.04 Å². The highest BCUT2D eigenvalue weighted by atomic mass is 35.5. The minimum Gasteiger partial charge on any atom is -0.351 e. The van der Waals surface area contributed by atoms with E-state index in [0.717, 1.165) is 0 Å². The van der Waals surface area contributed by atoms with Crippen LogP contribution in [-0.2, 0) is 14.6 Å². The Labute approximate surface area is 139 Å². The summed E-state index contributed by atoms with van der Waals surface area (Å²) in [6, 6.07) is 7.18. The van der Waals surface area contributed by atoms with Crippen LogP contribution in [0.25, 0.3) is 0 Å². The van der Waals surface area contributed by atoms with E-state index in [1.54, 1.807) is 30.3 Å². The average Bonchev–Trinajstić information content (AvgIpc) is 2.46. The van der Waals surface area contributed by atoms with E-state index >= 15 is 0 Å². The molecule has 1 rings (SSSR count). The van der Waals surface area contributed by atoms with Crippen LogP contribution < -0.4 is 11.1 Å². The van der Waals surface area contributed by atoms with E-state index in [1.807, 2.05) is 20.8 Å². The van der Waals surface area contributed by atoms with Gasteiger partial charge in [0.05, 0.1) is 16.7 Å². The molecule has 5 nitrogen and oxygen atoms in total. The van der Waals surface area contributed by atoms with Crippen molar-refractivity contribution < 1.29 is 13.2 Å². The first-order valence-electron chi connectivity index (χ1n) is 7.11. The average molecular weight is 349 g/mol. The molecule has 0 aliphatic carbocycles. The van der Waals surface area contributed by atoms with E-state index in [2.05, 4.69) is 5.32 Å². The van der Waals surface area contributed by atoms with E-state index in [0.29, 0.717) is 6.42 Å². The van der Waals surface area contributed by atoms with Crippen molar-refractivity contribution in [3.63, 3.8) is 0 Å². The van der Waals surface area contributed by atoms with Crippen LogP contribution in [-0.4, -0.2) is 32.2 Å². The fraction of sp³-hybridized carbons (Fsp3) is 0.533. The highest BCUT2D eigenvalue weighted by molar-refractivity contribution is 7.91. The fourth-order valence-electron chi connectivity index (χ4n) is 1.85. The van der Waals surface area contributed by atoms with Gasteiger partial charge in [0.1, 0.15) is 0 Å². The van der Waals surface area contributed by atoms with Gasteiger partial charge in [0.25, 0.3) is 0 Å². The normalized spacial score (nSPS) is 14.0. The van der Waals surface area contributed by atoms with Gasteiger partial charge in [-0.15, -0.1) is 12.4 Å². The van der Waals surface area contributed by atoms with Crippen molar-refractivity contribution in [1.82, 2.24) is 5.32 Å². The van der Waals surface area contributed by atoms with Crippen molar-refractivity contribution >= 4 is 28.2 Å². The molecular formula is C15H25ClN2O3S. The quantitative estimate of drug-likeness (QED) is 0.785. The first-order chi connectivity index (χ1) is 9.77. The lowest BCUT2D eigenvalue weighted by Crippen LogP contribution is -2.49. The zero-order valence-corrected chi connectivity index (χ0v) is 14.8. The van der Waals surface area contributed by atoms with Crippen LogP contribution in [0.2, 0.25) is 0 Å². The minimum absolute atomic E-state index is 0. The summed E-state index contributed by atoms with van der Waals surface area (Å²) in [6.45, 7) is 5.55. The Morgan fingerprint density at radius 1 is 1.23 bits per heavy atom. The van der Waals surface area contributed by atoms with Gasteiger partial charge in [0.15, 0.2) is 9.84 Å². The summed E-state index contributed by atoms with van der Waals surface area (Å²) < 4.78 is 24.6. The molecule has 126 valence electrons. The lowest BCUT2D eigenvalue weighted by Gasteiger charge is -2.21. The summed E-state index contributed by atoms with van der Waals surface area (Å²) in [5.74, 6) is -0.419. The van der Waals surface area contributed by atoms with Crippen molar-refractivity contribution in [1.29, 1.82) is 0 Å². The summed E-state index contributed by atoms with van der Waals surface area (Å²) in [5.41, 5.74) is 5.78. The molecule has 1 aromatic carbocycles. The summed E-state index contributed by atoms with van der Waals surface area (Å²) in [5, 5.41) is 2.73. The maximum absolute atomic E-state index is 12.3. The number of hydrogen-bond acceptors (Lipinski definition) is 4. The fourth-order valence-corrected chi connectivity index (χ4v) is 3.46. The Balaban J connectivity index is 0.00000441. The molecule has 7 heteroatoms. The Morgan fingerprint density at radius 3 is 2.23 bits per heavy atom. The standard InChI is InChI=1S/C15H24N2O3S.ClH/c1-4-12(17-15(18)14(16)11(2)3)10-21(19,20)13-8-6-5-7-9-13;/h5-9,11-12,14H,4,10,16H2,1-3H3,(H,17,18);1H/t12?,14-;/m0./s1.